The Morgan fingerprint density at radius 1 is 1.23 bits per heavy atom. The van der Waals surface area contributed by atoms with Gasteiger partial charge in [0.15, 0.2) is 6.23 Å². The van der Waals surface area contributed by atoms with Gasteiger partial charge in [-0.15, -0.1) is 0 Å². The third kappa shape index (κ3) is 5.30. The molecule has 0 spiro atoms. The van der Waals surface area contributed by atoms with Crippen molar-refractivity contribution in [3.05, 3.63) is 30.6 Å². The van der Waals surface area contributed by atoms with Crippen molar-refractivity contribution in [2.24, 2.45) is 0 Å². The molecule has 1 fully saturated rings. The first-order chi connectivity index (χ1) is 11.8. The number of ether oxygens (including phenoxy) is 1. The number of nitrogens with one attached hydrogen (secondary N) is 1. The lowest BCUT2D eigenvalue weighted by atomic mass is 10.1. The third-order valence-corrected chi connectivity index (χ3v) is 6.07. The van der Waals surface area contributed by atoms with Crippen molar-refractivity contribution in [1.82, 2.24) is 9.55 Å². The van der Waals surface area contributed by atoms with Gasteiger partial charge in [0.2, 0.25) is 0 Å². The van der Waals surface area contributed by atoms with E-state index in [1.54, 1.807) is 22.6 Å². The maximum absolute atomic E-state index is 11.8. The predicted molar refractivity (Wildman–Crippen MR) is 88.9 cm³/mol. The van der Waals surface area contributed by atoms with Gasteiger partial charge in [-0.2, -0.15) is 4.31 Å². The second kappa shape index (κ2) is 7.89. The van der Waals surface area contributed by atoms with Crippen LogP contribution in [0.25, 0.3) is 0 Å². The number of phosphoric ester groups is 1. The van der Waals surface area contributed by atoms with E-state index in [4.69, 9.17) is 14.5 Å². The molecule has 1 aromatic heterocycles. The lowest BCUT2D eigenvalue weighted by Crippen LogP contribution is -2.38. The number of hydrogen-bond acceptors (Lipinski definition) is 9. The van der Waals surface area contributed by atoms with Crippen molar-refractivity contribution < 1.29 is 47.6 Å². The van der Waals surface area contributed by atoms with Crippen LogP contribution in [0.15, 0.2) is 15.8 Å². The predicted octanol–water partition coefficient (Wildman–Crippen LogP) is -2.01. The van der Waals surface area contributed by atoms with Crippen molar-refractivity contribution in [2.75, 3.05) is 6.61 Å². The molecule has 0 amide bonds. The van der Waals surface area contributed by atoms with Crippen LogP contribution in [0.4, 0.5) is 0 Å². The Bertz CT molecular complexity index is 878. The van der Waals surface area contributed by atoms with Crippen LogP contribution in [0, 0.1) is 3.57 Å². The number of aliphatic hydroxyl groups is 2. The van der Waals surface area contributed by atoms with Gasteiger partial charge < -0.3 is 29.6 Å². The zero-order chi connectivity index (χ0) is 19.9. The SMILES string of the molecule is O=c1[nH]c(=O)n(C2OC(COP(=O)(O)OP(=O)(O)O)C(O)C2O)cc1I. The molecule has 148 valence electrons. The van der Waals surface area contributed by atoms with E-state index < -0.39 is 58.0 Å². The summed E-state index contributed by atoms with van der Waals surface area (Å²) < 4.78 is 35.9. The number of H-pyrrole nitrogens is 1. The van der Waals surface area contributed by atoms with Crippen LogP contribution in [-0.4, -0.2) is 59.4 Å². The van der Waals surface area contributed by atoms with Crippen LogP contribution in [0.5, 0.6) is 0 Å². The smallest absolute Gasteiger partial charge is 0.387 e. The molecule has 0 aliphatic carbocycles. The zero-order valence-corrected chi connectivity index (χ0v) is 16.4. The van der Waals surface area contributed by atoms with Gasteiger partial charge in [0.05, 0.1) is 10.2 Å². The number of aromatic nitrogens is 2. The highest BCUT2D eigenvalue weighted by Gasteiger charge is 2.45. The van der Waals surface area contributed by atoms with Crippen molar-refractivity contribution >= 4 is 38.2 Å². The molecule has 1 aliphatic heterocycles. The largest absolute Gasteiger partial charge is 0.481 e. The molecule has 1 aromatic rings. The Morgan fingerprint density at radius 3 is 2.42 bits per heavy atom. The number of hydrogen-bond donors (Lipinski definition) is 6. The first kappa shape index (κ1) is 21.8. The number of aromatic amines is 1. The summed E-state index contributed by atoms with van der Waals surface area (Å²) in [5.74, 6) is 0. The van der Waals surface area contributed by atoms with Crippen molar-refractivity contribution in [2.45, 2.75) is 24.5 Å². The van der Waals surface area contributed by atoms with Gasteiger partial charge in [-0.3, -0.25) is 18.9 Å². The first-order valence-corrected chi connectivity index (χ1v) is 10.7. The second-order valence-corrected chi connectivity index (χ2v) is 9.02. The molecule has 0 aromatic carbocycles. The Labute approximate surface area is 157 Å². The summed E-state index contributed by atoms with van der Waals surface area (Å²) >= 11 is 1.62. The quantitative estimate of drug-likeness (QED) is 0.174. The minimum Gasteiger partial charge on any atom is -0.387 e. The molecule has 6 N–H and O–H groups in total. The number of nitrogens with zero attached hydrogens (tertiary/aromatic N) is 1. The maximum Gasteiger partial charge on any atom is 0.481 e. The summed E-state index contributed by atoms with van der Waals surface area (Å²) in [5.41, 5.74) is -1.61. The fraction of sp³-hybridized carbons (Fsp3) is 0.556. The normalized spacial score (nSPS) is 28.8. The average molecular weight is 530 g/mol. The number of aliphatic hydroxyl groups excluding tert-OH is 2. The summed E-state index contributed by atoms with van der Waals surface area (Å²) in [6.45, 7) is -0.905. The monoisotopic (exact) mass is 530 g/mol. The lowest BCUT2D eigenvalue weighted by Gasteiger charge is -2.18. The van der Waals surface area contributed by atoms with Gasteiger partial charge in [-0.1, -0.05) is 0 Å². The topological polar surface area (TPSA) is 218 Å². The van der Waals surface area contributed by atoms with Crippen molar-refractivity contribution in [3.8, 4) is 0 Å². The Morgan fingerprint density at radius 2 is 1.85 bits per heavy atom. The minimum absolute atomic E-state index is 0.0853. The highest BCUT2D eigenvalue weighted by atomic mass is 127. The van der Waals surface area contributed by atoms with Gasteiger partial charge in [-0.25, -0.2) is 13.9 Å². The molecule has 2 rings (SSSR count). The van der Waals surface area contributed by atoms with E-state index in [1.807, 2.05) is 4.98 Å². The summed E-state index contributed by atoms with van der Waals surface area (Å²) in [6, 6.07) is 0. The van der Waals surface area contributed by atoms with E-state index in [2.05, 4.69) is 8.83 Å². The number of phosphoric acid groups is 2. The minimum atomic E-state index is -5.32. The van der Waals surface area contributed by atoms with Gasteiger partial charge in [-0.05, 0) is 22.6 Å². The maximum atomic E-state index is 11.8. The first-order valence-electron chi connectivity index (χ1n) is 6.57. The van der Waals surface area contributed by atoms with Crippen LogP contribution in [0.1, 0.15) is 6.23 Å². The highest BCUT2D eigenvalue weighted by Crippen LogP contribution is 2.57. The van der Waals surface area contributed by atoms with Crippen LogP contribution in [-0.2, 0) is 22.7 Å². The molecular formula is C9H13IN2O12P2. The van der Waals surface area contributed by atoms with E-state index in [-0.39, 0.29) is 3.57 Å². The Kier molecular flexibility index (Phi) is 6.63. The molecule has 5 atom stereocenters. The molecule has 1 saturated heterocycles. The van der Waals surface area contributed by atoms with E-state index in [0.717, 1.165) is 10.8 Å². The van der Waals surface area contributed by atoms with Crippen molar-refractivity contribution in [1.29, 1.82) is 0 Å². The Hall–Kier alpha value is -0.450. The molecule has 5 unspecified atom stereocenters. The van der Waals surface area contributed by atoms with Gasteiger partial charge >= 0.3 is 21.3 Å². The molecule has 17 heteroatoms. The van der Waals surface area contributed by atoms with Crippen molar-refractivity contribution in [3.63, 3.8) is 0 Å². The molecule has 0 bridgehead atoms. The van der Waals surface area contributed by atoms with Crippen LogP contribution in [0.2, 0.25) is 0 Å². The average Bonchev–Trinajstić information content (AvgIpc) is 2.75. The van der Waals surface area contributed by atoms with Gasteiger partial charge in [0, 0.05) is 6.20 Å². The standard InChI is InChI=1S/C9H13IN2O12P2/c10-3-1-12(9(16)11-7(3)15)8-6(14)5(13)4(23-8)2-22-26(20,21)24-25(17,18)19/h1,4-6,8,13-14H,2H2,(H,20,21)(H,11,15,16)(H2,17,18,19). The zero-order valence-electron chi connectivity index (χ0n) is 12.4. The van der Waals surface area contributed by atoms with Crippen LogP contribution >= 0.6 is 38.2 Å². The molecule has 26 heavy (non-hydrogen) atoms. The molecule has 14 nitrogen and oxygen atoms in total. The molecule has 1 aliphatic rings. The molecule has 2 heterocycles. The van der Waals surface area contributed by atoms with Crippen LogP contribution in [0.3, 0.4) is 0 Å². The van der Waals surface area contributed by atoms with Crippen LogP contribution < -0.4 is 11.2 Å². The second-order valence-electron chi connectivity index (χ2n) is 5.03. The van der Waals surface area contributed by atoms with Gasteiger partial charge in [0.1, 0.15) is 18.3 Å². The summed E-state index contributed by atoms with van der Waals surface area (Å²) in [5, 5.41) is 19.9. The van der Waals surface area contributed by atoms with E-state index >= 15 is 0 Å². The fourth-order valence-electron chi connectivity index (χ4n) is 2.07. The van der Waals surface area contributed by atoms with E-state index in [9.17, 15) is 33.8 Å². The number of halogens is 1. The fourth-order valence-corrected chi connectivity index (χ4v) is 4.11. The third-order valence-electron chi connectivity index (χ3n) is 3.15. The van der Waals surface area contributed by atoms with E-state index in [0.29, 0.717) is 0 Å². The summed E-state index contributed by atoms with van der Waals surface area (Å²) in [4.78, 5) is 51.3. The van der Waals surface area contributed by atoms with Gasteiger partial charge in [0.25, 0.3) is 5.56 Å². The summed E-state index contributed by atoms with van der Waals surface area (Å²) in [7, 11) is -10.5. The van der Waals surface area contributed by atoms with E-state index in [1.165, 1.54) is 0 Å². The highest BCUT2D eigenvalue weighted by molar-refractivity contribution is 14.1. The lowest BCUT2D eigenvalue weighted by molar-refractivity contribution is -0.0543. The summed E-state index contributed by atoms with van der Waals surface area (Å²) in [6.07, 6.45) is -5.21. The molecular weight excluding hydrogens is 517 g/mol. The molecule has 0 saturated carbocycles. The Balaban J connectivity index is 2.14. The number of rotatable bonds is 6. The molecule has 0 radical (unpaired) electrons.